The number of nitrogens with zero attached hydrogens (tertiary/aromatic N) is 4. The number of hydrogen-bond donors (Lipinski definition) is 1. The lowest BCUT2D eigenvalue weighted by atomic mass is 9.97. The zero-order valence-corrected chi connectivity index (χ0v) is 14.7. The van der Waals surface area contributed by atoms with Crippen molar-refractivity contribution < 1.29 is 4.79 Å². The van der Waals surface area contributed by atoms with Crippen molar-refractivity contribution in [1.82, 2.24) is 19.9 Å². The minimum atomic E-state index is 0.107. The normalized spacial score (nSPS) is 20.9. The van der Waals surface area contributed by atoms with Gasteiger partial charge in [0, 0.05) is 55.7 Å². The number of amides is 1. The van der Waals surface area contributed by atoms with Gasteiger partial charge in [-0.3, -0.25) is 4.79 Å². The van der Waals surface area contributed by atoms with Gasteiger partial charge in [0.2, 0.25) is 0 Å². The van der Waals surface area contributed by atoms with E-state index in [1.807, 2.05) is 30.2 Å². The second kappa shape index (κ2) is 6.86. The van der Waals surface area contributed by atoms with Crippen LogP contribution in [0, 0.1) is 6.92 Å². The molecule has 2 aliphatic heterocycles. The molecule has 4 heterocycles. The SMILES string of the molecule is Cc1cnc([C@H]2CCCN(C(=O)c3ccnc(N4CCCC4)c3)C2)[nH]1. The fraction of sp³-hybridized carbons (Fsp3) is 0.526. The van der Waals surface area contributed by atoms with Crippen molar-refractivity contribution in [3.63, 3.8) is 0 Å². The number of likely N-dealkylation sites (tertiary alicyclic amines) is 1. The maximum Gasteiger partial charge on any atom is 0.254 e. The maximum absolute atomic E-state index is 13.0. The smallest absolute Gasteiger partial charge is 0.254 e. The average molecular weight is 339 g/mol. The molecule has 1 amide bonds. The number of aromatic amines is 1. The molecule has 0 aliphatic carbocycles. The first-order chi connectivity index (χ1) is 12.2. The van der Waals surface area contributed by atoms with Gasteiger partial charge in [-0.25, -0.2) is 9.97 Å². The number of imidazole rings is 1. The number of pyridine rings is 1. The Hall–Kier alpha value is -2.37. The molecule has 2 aliphatic rings. The molecule has 0 unspecified atom stereocenters. The van der Waals surface area contributed by atoms with Gasteiger partial charge in [0.1, 0.15) is 11.6 Å². The highest BCUT2D eigenvalue weighted by Gasteiger charge is 2.27. The molecular formula is C19H25N5O. The molecule has 0 radical (unpaired) electrons. The Kier molecular flexibility index (Phi) is 4.42. The van der Waals surface area contributed by atoms with Crippen LogP contribution in [-0.4, -0.2) is 51.9 Å². The first kappa shape index (κ1) is 16.1. The van der Waals surface area contributed by atoms with E-state index in [9.17, 15) is 4.79 Å². The molecule has 2 fully saturated rings. The summed E-state index contributed by atoms with van der Waals surface area (Å²) < 4.78 is 0. The number of aryl methyl sites for hydroxylation is 1. The molecule has 6 heteroatoms. The number of H-pyrrole nitrogens is 1. The Morgan fingerprint density at radius 1 is 1.20 bits per heavy atom. The van der Waals surface area contributed by atoms with Crippen LogP contribution < -0.4 is 4.90 Å². The van der Waals surface area contributed by atoms with E-state index in [0.29, 0.717) is 5.92 Å². The molecule has 25 heavy (non-hydrogen) atoms. The lowest BCUT2D eigenvalue weighted by Crippen LogP contribution is -2.39. The van der Waals surface area contributed by atoms with Gasteiger partial charge in [0.25, 0.3) is 5.91 Å². The van der Waals surface area contributed by atoms with Gasteiger partial charge in [0.15, 0.2) is 0 Å². The van der Waals surface area contributed by atoms with Gasteiger partial charge in [-0.2, -0.15) is 0 Å². The van der Waals surface area contributed by atoms with Crippen molar-refractivity contribution in [2.24, 2.45) is 0 Å². The van der Waals surface area contributed by atoms with E-state index in [1.165, 1.54) is 12.8 Å². The van der Waals surface area contributed by atoms with Crippen LogP contribution in [0.25, 0.3) is 0 Å². The Morgan fingerprint density at radius 3 is 2.80 bits per heavy atom. The van der Waals surface area contributed by atoms with Gasteiger partial charge >= 0.3 is 0 Å². The van der Waals surface area contributed by atoms with Crippen LogP contribution in [0.5, 0.6) is 0 Å². The Balaban J connectivity index is 1.49. The van der Waals surface area contributed by atoms with Crippen molar-refractivity contribution in [2.45, 2.75) is 38.5 Å². The van der Waals surface area contributed by atoms with E-state index in [-0.39, 0.29) is 5.91 Å². The van der Waals surface area contributed by atoms with E-state index in [2.05, 4.69) is 19.9 Å². The van der Waals surface area contributed by atoms with Crippen LogP contribution in [0.1, 0.15) is 53.5 Å². The van der Waals surface area contributed by atoms with Crippen LogP contribution in [0.3, 0.4) is 0 Å². The first-order valence-electron chi connectivity index (χ1n) is 9.22. The first-order valence-corrected chi connectivity index (χ1v) is 9.22. The van der Waals surface area contributed by atoms with Crippen LogP contribution in [-0.2, 0) is 0 Å². The van der Waals surface area contributed by atoms with Gasteiger partial charge in [0.05, 0.1) is 0 Å². The quantitative estimate of drug-likeness (QED) is 0.934. The number of anilines is 1. The largest absolute Gasteiger partial charge is 0.357 e. The van der Waals surface area contributed by atoms with E-state index >= 15 is 0 Å². The molecule has 4 rings (SSSR count). The summed E-state index contributed by atoms with van der Waals surface area (Å²) in [6.45, 7) is 5.63. The van der Waals surface area contributed by atoms with E-state index < -0.39 is 0 Å². The third-order valence-electron chi connectivity index (χ3n) is 5.24. The molecular weight excluding hydrogens is 314 g/mol. The average Bonchev–Trinajstić information content (AvgIpc) is 3.33. The van der Waals surface area contributed by atoms with Gasteiger partial charge in [-0.05, 0) is 44.7 Å². The van der Waals surface area contributed by atoms with Crippen molar-refractivity contribution >= 4 is 11.7 Å². The highest BCUT2D eigenvalue weighted by molar-refractivity contribution is 5.95. The number of aromatic nitrogens is 3. The van der Waals surface area contributed by atoms with Crippen LogP contribution in [0.2, 0.25) is 0 Å². The van der Waals surface area contributed by atoms with E-state index in [4.69, 9.17) is 0 Å². The summed E-state index contributed by atoms with van der Waals surface area (Å²) in [7, 11) is 0. The molecule has 0 spiro atoms. The summed E-state index contributed by atoms with van der Waals surface area (Å²) in [5, 5.41) is 0. The van der Waals surface area contributed by atoms with Gasteiger partial charge in [-0.1, -0.05) is 0 Å². The minimum Gasteiger partial charge on any atom is -0.357 e. The van der Waals surface area contributed by atoms with Gasteiger partial charge in [-0.15, -0.1) is 0 Å². The van der Waals surface area contributed by atoms with Crippen molar-refractivity contribution in [3.05, 3.63) is 41.6 Å². The fourth-order valence-electron chi connectivity index (χ4n) is 3.88. The zero-order valence-electron chi connectivity index (χ0n) is 14.7. The molecule has 6 nitrogen and oxygen atoms in total. The maximum atomic E-state index is 13.0. The summed E-state index contributed by atoms with van der Waals surface area (Å²) in [5.74, 6) is 2.34. The summed E-state index contributed by atoms with van der Waals surface area (Å²) >= 11 is 0. The van der Waals surface area contributed by atoms with Crippen LogP contribution in [0.4, 0.5) is 5.82 Å². The Morgan fingerprint density at radius 2 is 2.04 bits per heavy atom. The van der Waals surface area contributed by atoms with Crippen LogP contribution >= 0.6 is 0 Å². The molecule has 2 saturated heterocycles. The van der Waals surface area contributed by atoms with Crippen molar-refractivity contribution in [2.75, 3.05) is 31.1 Å². The summed E-state index contributed by atoms with van der Waals surface area (Å²) in [4.78, 5) is 29.5. The molecule has 1 atom stereocenters. The number of piperidine rings is 1. The lowest BCUT2D eigenvalue weighted by Gasteiger charge is -2.32. The second-order valence-electron chi connectivity index (χ2n) is 7.14. The zero-order chi connectivity index (χ0) is 17.2. The molecule has 1 N–H and O–H groups in total. The number of nitrogens with one attached hydrogen (secondary N) is 1. The summed E-state index contributed by atoms with van der Waals surface area (Å²) in [6.07, 6.45) is 8.12. The summed E-state index contributed by atoms with van der Waals surface area (Å²) in [6, 6.07) is 3.79. The second-order valence-corrected chi connectivity index (χ2v) is 7.14. The van der Waals surface area contributed by atoms with Crippen LogP contribution in [0.15, 0.2) is 24.5 Å². The number of hydrogen-bond acceptors (Lipinski definition) is 4. The molecule has 0 aromatic carbocycles. The fourth-order valence-corrected chi connectivity index (χ4v) is 3.88. The number of rotatable bonds is 3. The molecule has 132 valence electrons. The molecule has 0 bridgehead atoms. The minimum absolute atomic E-state index is 0.107. The number of carbonyl (C=O) groups excluding carboxylic acids is 1. The standard InChI is InChI=1S/C19H25N5O/c1-14-12-21-18(22-14)16-5-4-10-24(13-16)19(25)15-6-7-20-17(11-15)23-8-2-3-9-23/h6-7,11-12,16H,2-5,8-10,13H2,1H3,(H,21,22)/t16-/m0/s1. The predicted molar refractivity (Wildman–Crippen MR) is 96.9 cm³/mol. The van der Waals surface area contributed by atoms with Crippen molar-refractivity contribution in [1.29, 1.82) is 0 Å². The third kappa shape index (κ3) is 3.38. The summed E-state index contributed by atoms with van der Waals surface area (Å²) in [5.41, 5.74) is 1.82. The van der Waals surface area contributed by atoms with E-state index in [1.54, 1.807) is 6.20 Å². The van der Waals surface area contributed by atoms with Gasteiger partial charge < -0.3 is 14.8 Å². The highest BCUT2D eigenvalue weighted by atomic mass is 16.2. The predicted octanol–water partition coefficient (Wildman–Crippen LogP) is 2.73. The Bertz CT molecular complexity index is 750. The molecule has 2 aromatic rings. The number of carbonyl (C=O) groups is 1. The molecule has 2 aromatic heterocycles. The third-order valence-corrected chi connectivity index (χ3v) is 5.24. The topological polar surface area (TPSA) is 65.1 Å². The molecule has 0 saturated carbocycles. The van der Waals surface area contributed by atoms with Crippen molar-refractivity contribution in [3.8, 4) is 0 Å². The highest BCUT2D eigenvalue weighted by Crippen LogP contribution is 2.26. The van der Waals surface area contributed by atoms with E-state index in [0.717, 1.165) is 61.9 Å². The lowest BCUT2D eigenvalue weighted by molar-refractivity contribution is 0.0704. The monoisotopic (exact) mass is 339 g/mol. The Labute approximate surface area is 148 Å².